The van der Waals surface area contributed by atoms with E-state index in [0.717, 1.165) is 46.4 Å². The lowest BCUT2D eigenvalue weighted by Crippen LogP contribution is -2.37. The quantitative estimate of drug-likeness (QED) is 0.475. The summed E-state index contributed by atoms with van der Waals surface area (Å²) in [6.45, 7) is 5.82. The van der Waals surface area contributed by atoms with Crippen LogP contribution in [0.4, 0.5) is 10.1 Å². The molecule has 0 unspecified atom stereocenters. The first kappa shape index (κ1) is 20.4. The zero-order chi connectivity index (χ0) is 23.3. The van der Waals surface area contributed by atoms with Gasteiger partial charge in [-0.1, -0.05) is 12.1 Å². The van der Waals surface area contributed by atoms with Crippen molar-refractivity contribution in [3.63, 3.8) is 0 Å². The van der Waals surface area contributed by atoms with E-state index in [0.29, 0.717) is 22.9 Å². The highest BCUT2D eigenvalue weighted by Gasteiger charge is 2.41. The molecule has 33 heavy (non-hydrogen) atoms. The summed E-state index contributed by atoms with van der Waals surface area (Å²) in [5.74, 6) is 1.39. The van der Waals surface area contributed by atoms with Gasteiger partial charge in [0.2, 0.25) is 10.0 Å². The average molecular weight is 466 g/mol. The van der Waals surface area contributed by atoms with Crippen molar-refractivity contribution in [2.24, 2.45) is 0 Å². The molecule has 0 saturated heterocycles. The van der Waals surface area contributed by atoms with E-state index in [9.17, 15) is 8.42 Å². The number of anilines is 1. The van der Waals surface area contributed by atoms with Crippen molar-refractivity contribution in [2.75, 3.05) is 11.6 Å². The van der Waals surface area contributed by atoms with Gasteiger partial charge in [0, 0.05) is 11.6 Å². The van der Waals surface area contributed by atoms with Crippen LogP contribution in [-0.4, -0.2) is 33.4 Å². The highest BCUT2D eigenvalue weighted by atomic mass is 32.2. The Kier molecular flexibility index (Phi) is 3.98. The van der Waals surface area contributed by atoms with Crippen LogP contribution in [0.25, 0.3) is 27.7 Å². The molecule has 2 aliphatic rings. The molecule has 9 heteroatoms. The van der Waals surface area contributed by atoms with Gasteiger partial charge < -0.3 is 5.32 Å². The van der Waals surface area contributed by atoms with E-state index >= 15 is 4.39 Å². The lowest BCUT2D eigenvalue weighted by Gasteiger charge is -2.36. The van der Waals surface area contributed by atoms with E-state index in [2.05, 4.69) is 15.5 Å². The fourth-order valence-electron chi connectivity index (χ4n) is 5.08. The van der Waals surface area contributed by atoms with Crippen LogP contribution in [0, 0.1) is 12.7 Å². The smallest absolute Gasteiger partial charge is 0.236 e. The third-order valence-electron chi connectivity index (χ3n) is 6.67. The number of rotatable bonds is 3. The summed E-state index contributed by atoms with van der Waals surface area (Å²) in [7, 11) is -3.46. The molecule has 0 bridgehead atoms. The number of nitrogens with one attached hydrogen (secondary N) is 1. The predicted molar refractivity (Wildman–Crippen MR) is 126 cm³/mol. The summed E-state index contributed by atoms with van der Waals surface area (Å²) in [4.78, 5) is 0. The maximum absolute atomic E-state index is 15.7. The van der Waals surface area contributed by atoms with Gasteiger partial charge in [-0.25, -0.2) is 16.8 Å². The molecule has 1 aliphatic carbocycles. The van der Waals surface area contributed by atoms with Crippen LogP contribution >= 0.6 is 0 Å². The number of benzene rings is 2. The molecular formula is C24H24FN5O2S. The highest BCUT2D eigenvalue weighted by molar-refractivity contribution is 7.89. The molecular weight excluding hydrogens is 441 g/mol. The molecule has 2 aromatic heterocycles. The largest absolute Gasteiger partial charge is 0.369 e. The van der Waals surface area contributed by atoms with Crippen molar-refractivity contribution in [2.45, 2.75) is 45.1 Å². The van der Waals surface area contributed by atoms with E-state index in [1.54, 1.807) is 24.4 Å². The van der Waals surface area contributed by atoms with Crippen molar-refractivity contribution in [3.8, 4) is 16.8 Å². The summed E-state index contributed by atoms with van der Waals surface area (Å²) in [6, 6.07) is 8.91. The van der Waals surface area contributed by atoms with Gasteiger partial charge in [0.15, 0.2) is 5.82 Å². The molecule has 1 fully saturated rings. The zero-order valence-electron chi connectivity index (χ0n) is 18.8. The summed E-state index contributed by atoms with van der Waals surface area (Å²) in [6.07, 6.45) is 4.77. The molecule has 4 aromatic rings. The number of nitrogens with zero attached hydrogens (tertiary/aromatic N) is 4. The van der Waals surface area contributed by atoms with Gasteiger partial charge in [-0.2, -0.15) is 0 Å². The number of aryl methyl sites for hydroxylation is 1. The minimum atomic E-state index is -3.46. The molecule has 170 valence electrons. The van der Waals surface area contributed by atoms with E-state index in [1.807, 2.05) is 37.5 Å². The summed E-state index contributed by atoms with van der Waals surface area (Å²) < 4.78 is 43.5. The maximum Gasteiger partial charge on any atom is 0.236 e. The van der Waals surface area contributed by atoms with E-state index in [-0.39, 0.29) is 5.82 Å². The molecule has 1 N–H and O–H groups in total. The number of halogens is 1. The Labute approximate surface area is 191 Å². The minimum Gasteiger partial charge on any atom is -0.369 e. The van der Waals surface area contributed by atoms with Crippen molar-refractivity contribution in [1.29, 1.82) is 0 Å². The number of fused-ring (bicyclic) bond motifs is 4. The Hall–Kier alpha value is -3.20. The van der Waals surface area contributed by atoms with E-state index < -0.39 is 15.6 Å². The second-order valence-corrected chi connectivity index (χ2v) is 11.4. The summed E-state index contributed by atoms with van der Waals surface area (Å²) >= 11 is 0. The Balaban J connectivity index is 1.71. The Morgan fingerprint density at radius 1 is 1.15 bits per heavy atom. The van der Waals surface area contributed by atoms with Crippen LogP contribution in [0.2, 0.25) is 0 Å². The van der Waals surface area contributed by atoms with Crippen LogP contribution in [-0.2, 0) is 15.6 Å². The Bertz CT molecular complexity index is 1580. The van der Waals surface area contributed by atoms with Gasteiger partial charge in [0.25, 0.3) is 0 Å². The highest BCUT2D eigenvalue weighted by Crippen LogP contribution is 2.53. The average Bonchev–Trinajstić information content (AvgIpc) is 3.33. The number of hydrogen-bond acceptors (Lipinski definition) is 5. The first-order valence-corrected chi connectivity index (χ1v) is 12.8. The third kappa shape index (κ3) is 2.88. The first-order valence-electron chi connectivity index (χ1n) is 11.0. The fraction of sp³-hybridized carbons (Fsp3) is 0.333. The monoisotopic (exact) mass is 465 g/mol. The van der Waals surface area contributed by atoms with Gasteiger partial charge in [-0.3, -0.25) is 4.57 Å². The zero-order valence-corrected chi connectivity index (χ0v) is 19.7. The number of aromatic nitrogens is 4. The van der Waals surface area contributed by atoms with Gasteiger partial charge in [-0.15, -0.1) is 10.2 Å². The van der Waals surface area contributed by atoms with Gasteiger partial charge in [0.05, 0.1) is 28.7 Å². The van der Waals surface area contributed by atoms with Crippen LogP contribution in [0.1, 0.15) is 49.8 Å². The van der Waals surface area contributed by atoms with E-state index in [1.165, 1.54) is 10.2 Å². The SMILES string of the molecule is Cc1nnc2n1-c1c(c(F)cc(-c3cccc4c3ccn4S(C)(=O)=O)c1C1CC1)NC2(C)C. The van der Waals surface area contributed by atoms with Gasteiger partial charge >= 0.3 is 0 Å². The summed E-state index contributed by atoms with van der Waals surface area (Å²) in [5, 5.41) is 12.8. The molecule has 1 saturated carbocycles. The van der Waals surface area contributed by atoms with Crippen LogP contribution in [0.15, 0.2) is 36.5 Å². The molecule has 6 rings (SSSR count). The van der Waals surface area contributed by atoms with Crippen molar-refractivity contribution < 1.29 is 12.8 Å². The molecule has 0 radical (unpaired) electrons. The summed E-state index contributed by atoms with van der Waals surface area (Å²) in [5.41, 5.74) is 3.88. The Morgan fingerprint density at radius 2 is 1.91 bits per heavy atom. The fourth-order valence-corrected chi connectivity index (χ4v) is 5.88. The van der Waals surface area contributed by atoms with Crippen molar-refractivity contribution >= 4 is 26.6 Å². The molecule has 1 aliphatic heterocycles. The minimum absolute atomic E-state index is 0.291. The lowest BCUT2D eigenvalue weighted by molar-refractivity contribution is 0.521. The van der Waals surface area contributed by atoms with Crippen LogP contribution in [0.3, 0.4) is 0 Å². The van der Waals surface area contributed by atoms with E-state index in [4.69, 9.17) is 0 Å². The molecule has 7 nitrogen and oxygen atoms in total. The standard InChI is InChI=1S/C24H24FN5O2S/c1-13-27-28-23-24(2,3)26-21-18(25)12-17(20(14-8-9-14)22(21)30(13)23)15-6-5-7-19-16(15)10-11-29(19)33(4,31)32/h5-7,10-12,14,26H,8-9H2,1-4H3. The normalized spacial score (nSPS) is 17.0. The molecule has 0 spiro atoms. The maximum atomic E-state index is 15.7. The second-order valence-electron chi connectivity index (χ2n) is 9.59. The molecule has 2 aromatic carbocycles. The van der Waals surface area contributed by atoms with Crippen molar-refractivity contribution in [1.82, 2.24) is 18.7 Å². The predicted octanol–water partition coefficient (Wildman–Crippen LogP) is 4.68. The van der Waals surface area contributed by atoms with Gasteiger partial charge in [-0.05, 0) is 74.4 Å². The molecule has 0 atom stereocenters. The van der Waals surface area contributed by atoms with Crippen LogP contribution in [0.5, 0.6) is 0 Å². The van der Waals surface area contributed by atoms with Crippen LogP contribution < -0.4 is 5.32 Å². The second kappa shape index (κ2) is 6.44. The topological polar surface area (TPSA) is 81.8 Å². The number of hydrogen-bond donors (Lipinski definition) is 1. The van der Waals surface area contributed by atoms with Gasteiger partial charge in [0.1, 0.15) is 11.6 Å². The lowest BCUT2D eigenvalue weighted by atomic mass is 9.89. The molecule has 3 heterocycles. The Morgan fingerprint density at radius 3 is 2.61 bits per heavy atom. The van der Waals surface area contributed by atoms with Crippen molar-refractivity contribution in [3.05, 3.63) is 59.6 Å². The first-order chi connectivity index (χ1) is 15.6. The third-order valence-corrected chi connectivity index (χ3v) is 7.70. The molecule has 0 amide bonds.